The number of carboxylic acid groups (broad SMARTS) is 3. The zero-order chi connectivity index (χ0) is 22.4. The van der Waals surface area contributed by atoms with E-state index in [1.807, 2.05) is 17.0 Å². The number of hydrogen-bond donors (Lipinski definition) is 5. The van der Waals surface area contributed by atoms with Gasteiger partial charge in [-0.1, -0.05) is 29.8 Å². The third-order valence-electron chi connectivity index (χ3n) is 4.44. The predicted octanol–water partition coefficient (Wildman–Crippen LogP) is 1.46. The van der Waals surface area contributed by atoms with Gasteiger partial charge in [-0.15, -0.1) is 11.3 Å². The van der Waals surface area contributed by atoms with Crippen molar-refractivity contribution in [3.05, 3.63) is 56.7 Å². The van der Waals surface area contributed by atoms with E-state index in [0.717, 1.165) is 13.0 Å². The van der Waals surface area contributed by atoms with Crippen LogP contribution in [0.15, 0.2) is 35.7 Å². The summed E-state index contributed by atoms with van der Waals surface area (Å²) < 4.78 is 0. The largest absolute Gasteiger partial charge is 0.480 e. The van der Waals surface area contributed by atoms with Crippen LogP contribution in [0.5, 0.6) is 0 Å². The lowest BCUT2D eigenvalue weighted by molar-refractivity contribution is -0.165. The molecule has 2 unspecified atom stereocenters. The fourth-order valence-corrected chi connectivity index (χ4v) is 4.07. The molecule has 3 atom stereocenters. The molecule has 2 heterocycles. The minimum Gasteiger partial charge on any atom is -0.480 e. The first-order chi connectivity index (χ1) is 14.1. The van der Waals surface area contributed by atoms with Crippen molar-refractivity contribution in [3.63, 3.8) is 0 Å². The first kappa shape index (κ1) is 23.8. The number of rotatable bonds is 6. The van der Waals surface area contributed by atoms with Crippen molar-refractivity contribution in [2.45, 2.75) is 31.2 Å². The Labute approximate surface area is 180 Å². The first-order valence-corrected chi connectivity index (χ1v) is 9.97. The summed E-state index contributed by atoms with van der Waals surface area (Å²) in [6, 6.07) is 8.58. The molecule has 9 nitrogen and oxygen atoms in total. The molecular formula is C19H20ClNO8S. The maximum atomic E-state index is 11.7. The molecule has 0 amide bonds. The highest BCUT2D eigenvalue weighted by Gasteiger charge is 2.32. The van der Waals surface area contributed by atoms with E-state index in [4.69, 9.17) is 32.0 Å². The number of hydrogen-bond acceptors (Lipinski definition) is 7. The molecule has 1 aliphatic rings. The summed E-state index contributed by atoms with van der Waals surface area (Å²) in [6.45, 7) is 1.41. The lowest BCUT2D eigenvalue weighted by Gasteiger charge is -2.32. The predicted molar refractivity (Wildman–Crippen MR) is 108 cm³/mol. The molecule has 3 rings (SSSR count). The normalized spacial score (nSPS) is 16.4. The molecular weight excluding hydrogens is 438 g/mol. The molecule has 0 saturated heterocycles. The summed E-state index contributed by atoms with van der Waals surface area (Å²) in [4.78, 5) is 34.6. The maximum absolute atomic E-state index is 11.7. The van der Waals surface area contributed by atoms with Gasteiger partial charge in [-0.2, -0.15) is 0 Å². The van der Waals surface area contributed by atoms with Gasteiger partial charge in [-0.3, -0.25) is 9.69 Å². The van der Waals surface area contributed by atoms with Gasteiger partial charge in [0.1, 0.15) is 6.04 Å². The second-order valence-electron chi connectivity index (χ2n) is 6.42. The molecule has 30 heavy (non-hydrogen) atoms. The molecule has 0 spiro atoms. The minimum atomic E-state index is -2.27. The molecule has 0 saturated carbocycles. The average molecular weight is 458 g/mol. The van der Waals surface area contributed by atoms with E-state index in [0.29, 0.717) is 17.1 Å². The summed E-state index contributed by atoms with van der Waals surface area (Å²) in [5.41, 5.74) is 1.90. The third-order valence-corrected chi connectivity index (χ3v) is 5.81. The highest BCUT2D eigenvalue weighted by Crippen LogP contribution is 2.33. The van der Waals surface area contributed by atoms with Crippen LogP contribution in [0.3, 0.4) is 0 Å². The number of halogens is 1. The van der Waals surface area contributed by atoms with Gasteiger partial charge < -0.3 is 25.5 Å². The Balaban J connectivity index is 0.000000274. The lowest BCUT2D eigenvalue weighted by atomic mass is 10.0. The van der Waals surface area contributed by atoms with Crippen LogP contribution >= 0.6 is 22.9 Å². The van der Waals surface area contributed by atoms with E-state index in [-0.39, 0.29) is 0 Å². The van der Waals surface area contributed by atoms with Gasteiger partial charge in [0.25, 0.3) is 0 Å². The van der Waals surface area contributed by atoms with Crippen molar-refractivity contribution < 1.29 is 39.9 Å². The van der Waals surface area contributed by atoms with E-state index < -0.39 is 36.2 Å². The summed E-state index contributed by atoms with van der Waals surface area (Å²) in [7, 11) is 0. The topological polar surface area (TPSA) is 156 Å². The van der Waals surface area contributed by atoms with E-state index in [9.17, 15) is 19.5 Å². The molecule has 1 aromatic heterocycles. The SMILES string of the molecule is O=C(O)C(O)C(O)C(=O)O.O=C(O)[C@H](c1ccccc1Cl)N1CCc2sccc2C1. The Bertz CT molecular complexity index is 899. The molecule has 0 radical (unpaired) electrons. The van der Waals surface area contributed by atoms with Crippen LogP contribution in [0, 0.1) is 0 Å². The van der Waals surface area contributed by atoms with Gasteiger partial charge in [0.05, 0.1) is 0 Å². The van der Waals surface area contributed by atoms with Gasteiger partial charge in [0.15, 0.2) is 12.2 Å². The number of fused-ring (bicyclic) bond motifs is 1. The number of nitrogens with zero attached hydrogens (tertiary/aromatic N) is 1. The van der Waals surface area contributed by atoms with Crippen molar-refractivity contribution in [2.24, 2.45) is 0 Å². The zero-order valence-corrected chi connectivity index (χ0v) is 17.1. The average Bonchev–Trinajstić information content (AvgIpc) is 3.16. The second-order valence-corrected chi connectivity index (χ2v) is 7.83. The van der Waals surface area contributed by atoms with Crippen LogP contribution in [0.1, 0.15) is 22.0 Å². The molecule has 0 fully saturated rings. The van der Waals surface area contributed by atoms with Crippen molar-refractivity contribution in [3.8, 4) is 0 Å². The smallest absolute Gasteiger partial charge is 0.335 e. The molecule has 162 valence electrons. The van der Waals surface area contributed by atoms with Crippen molar-refractivity contribution in [1.82, 2.24) is 4.90 Å². The Morgan fingerprint density at radius 3 is 2.10 bits per heavy atom. The molecule has 2 aromatic rings. The molecule has 1 aromatic carbocycles. The fraction of sp³-hybridized carbons (Fsp3) is 0.316. The Morgan fingerprint density at radius 2 is 1.57 bits per heavy atom. The van der Waals surface area contributed by atoms with Gasteiger partial charge >= 0.3 is 17.9 Å². The number of aliphatic hydroxyl groups excluding tert-OH is 2. The number of carbonyl (C=O) groups is 3. The van der Waals surface area contributed by atoms with Gasteiger partial charge in [-0.25, -0.2) is 9.59 Å². The van der Waals surface area contributed by atoms with E-state index in [2.05, 4.69) is 11.4 Å². The van der Waals surface area contributed by atoms with Crippen LogP contribution in [-0.4, -0.2) is 67.1 Å². The van der Waals surface area contributed by atoms with Crippen molar-refractivity contribution >= 4 is 40.8 Å². The summed E-state index contributed by atoms with van der Waals surface area (Å²) in [5, 5.41) is 44.7. The molecule has 11 heteroatoms. The number of carboxylic acids is 3. The second kappa shape index (κ2) is 10.5. The first-order valence-electron chi connectivity index (χ1n) is 8.71. The highest BCUT2D eigenvalue weighted by atomic mass is 35.5. The highest BCUT2D eigenvalue weighted by molar-refractivity contribution is 7.10. The maximum Gasteiger partial charge on any atom is 0.335 e. The number of benzene rings is 1. The van der Waals surface area contributed by atoms with Crippen LogP contribution in [0.25, 0.3) is 0 Å². The van der Waals surface area contributed by atoms with Crippen LogP contribution < -0.4 is 0 Å². The van der Waals surface area contributed by atoms with Crippen LogP contribution in [0.2, 0.25) is 5.02 Å². The van der Waals surface area contributed by atoms with Crippen molar-refractivity contribution in [1.29, 1.82) is 0 Å². The summed E-state index contributed by atoms with van der Waals surface area (Å²) in [6.07, 6.45) is -3.63. The van der Waals surface area contributed by atoms with Crippen molar-refractivity contribution in [2.75, 3.05) is 6.54 Å². The summed E-state index contributed by atoms with van der Waals surface area (Å²) in [5.74, 6) is -4.39. The zero-order valence-electron chi connectivity index (χ0n) is 15.5. The van der Waals surface area contributed by atoms with Crippen LogP contribution in [0.4, 0.5) is 0 Å². The quantitative estimate of drug-likeness (QED) is 0.433. The lowest BCUT2D eigenvalue weighted by Crippen LogP contribution is -2.39. The fourth-order valence-electron chi connectivity index (χ4n) is 2.94. The number of aliphatic carboxylic acids is 3. The minimum absolute atomic E-state index is 0.510. The molecule has 0 aliphatic carbocycles. The molecule has 1 aliphatic heterocycles. The Kier molecular flexibility index (Phi) is 8.33. The van der Waals surface area contributed by atoms with Gasteiger partial charge in [0.2, 0.25) is 0 Å². The third kappa shape index (κ3) is 5.77. The van der Waals surface area contributed by atoms with E-state index in [1.54, 1.807) is 23.5 Å². The molecule has 5 N–H and O–H groups in total. The Hall–Kier alpha value is -2.50. The molecule has 0 bridgehead atoms. The van der Waals surface area contributed by atoms with Crippen LogP contribution in [-0.2, 0) is 27.3 Å². The number of aliphatic hydroxyl groups is 2. The standard InChI is InChI=1S/C15H14ClNO2S.C4H6O6/c16-12-4-2-1-3-11(12)14(15(18)19)17-7-5-13-10(9-17)6-8-20-13;5-1(3(7)8)2(6)4(9)10/h1-4,6,8,14H,5,7,9H2,(H,18,19);1-2,5-6H,(H,7,8)(H,9,10)/t14-;/m0./s1. The van der Waals surface area contributed by atoms with E-state index >= 15 is 0 Å². The monoisotopic (exact) mass is 457 g/mol. The van der Waals surface area contributed by atoms with Gasteiger partial charge in [0, 0.05) is 23.0 Å². The Morgan fingerprint density at radius 1 is 0.967 bits per heavy atom. The van der Waals surface area contributed by atoms with Gasteiger partial charge in [-0.05, 0) is 35.1 Å². The van der Waals surface area contributed by atoms with E-state index in [1.165, 1.54) is 10.4 Å². The summed E-state index contributed by atoms with van der Waals surface area (Å²) >= 11 is 7.92. The number of thiophene rings is 1.